The van der Waals surface area contributed by atoms with E-state index >= 15 is 0 Å². The average Bonchev–Trinajstić information content (AvgIpc) is 2.16. The van der Waals surface area contributed by atoms with Crippen LogP contribution in [-0.2, 0) is 6.67 Å². The number of alkyl halides is 3. The molecule has 0 saturated carbocycles. The van der Waals surface area contributed by atoms with E-state index in [0.717, 1.165) is 12.3 Å². The molecule has 2 nitrogen and oxygen atoms in total. The van der Waals surface area contributed by atoms with Gasteiger partial charge in [-0.1, -0.05) is 0 Å². The van der Waals surface area contributed by atoms with Crippen LogP contribution in [0.25, 0.3) is 0 Å². The highest BCUT2D eigenvalue weighted by Gasteiger charge is 2.11. The van der Waals surface area contributed by atoms with Gasteiger partial charge < -0.3 is 4.74 Å². The van der Waals surface area contributed by atoms with Gasteiger partial charge in [0.2, 0.25) is 5.88 Å². The molecule has 0 radical (unpaired) electrons. The van der Waals surface area contributed by atoms with Gasteiger partial charge in [0.1, 0.15) is 6.67 Å². The minimum Gasteiger partial charge on any atom is -0.481 e. The highest BCUT2D eigenvalue weighted by atomic mass is 19.3. The van der Waals surface area contributed by atoms with E-state index in [-0.39, 0.29) is 17.0 Å². The Morgan fingerprint density at radius 3 is 2.69 bits per heavy atom. The minimum absolute atomic E-state index is 0.0419. The van der Waals surface area contributed by atoms with Crippen LogP contribution in [-0.4, -0.2) is 12.1 Å². The summed E-state index contributed by atoms with van der Waals surface area (Å²) in [4.78, 5) is 3.55. The molecule has 0 atom stereocenters. The molecule has 0 aliphatic carbocycles. The Morgan fingerprint density at radius 1 is 1.54 bits per heavy atom. The SMILES string of the molecule is COc1ncc(C(F)F)cc1CF. The number of hydrogen-bond acceptors (Lipinski definition) is 2. The molecule has 1 heterocycles. The normalized spacial score (nSPS) is 10.5. The van der Waals surface area contributed by atoms with Crippen molar-refractivity contribution in [3.8, 4) is 5.88 Å². The van der Waals surface area contributed by atoms with Gasteiger partial charge in [0.25, 0.3) is 6.43 Å². The van der Waals surface area contributed by atoms with E-state index in [9.17, 15) is 13.2 Å². The Balaban J connectivity index is 3.05. The fraction of sp³-hybridized carbons (Fsp3) is 0.375. The summed E-state index contributed by atoms with van der Waals surface area (Å²) in [7, 11) is 1.31. The maximum absolute atomic E-state index is 12.3. The zero-order chi connectivity index (χ0) is 9.84. The van der Waals surface area contributed by atoms with E-state index in [1.165, 1.54) is 7.11 Å². The standard InChI is InChI=1S/C8H8F3NO/c1-13-8-5(3-9)2-6(4-12-8)7(10)11/h2,4,7H,3H2,1H3. The van der Waals surface area contributed by atoms with Crippen LogP contribution >= 0.6 is 0 Å². The van der Waals surface area contributed by atoms with Crippen LogP contribution in [0.4, 0.5) is 13.2 Å². The van der Waals surface area contributed by atoms with E-state index in [0.29, 0.717) is 0 Å². The van der Waals surface area contributed by atoms with Gasteiger partial charge in [0, 0.05) is 17.3 Å². The lowest BCUT2D eigenvalue weighted by Crippen LogP contribution is -1.96. The van der Waals surface area contributed by atoms with Crippen molar-refractivity contribution in [3.63, 3.8) is 0 Å². The largest absolute Gasteiger partial charge is 0.481 e. The molecule has 0 amide bonds. The van der Waals surface area contributed by atoms with Crippen LogP contribution in [0.2, 0.25) is 0 Å². The maximum Gasteiger partial charge on any atom is 0.265 e. The molecule has 1 rings (SSSR count). The summed E-state index contributed by atoms with van der Waals surface area (Å²) in [5.41, 5.74) is -0.256. The molecule has 0 fully saturated rings. The second kappa shape index (κ2) is 4.11. The van der Waals surface area contributed by atoms with E-state index in [2.05, 4.69) is 9.72 Å². The Hall–Kier alpha value is -1.26. The van der Waals surface area contributed by atoms with E-state index in [1.54, 1.807) is 0 Å². The number of nitrogens with zero attached hydrogens (tertiary/aromatic N) is 1. The molecule has 0 aliphatic rings. The topological polar surface area (TPSA) is 22.1 Å². The van der Waals surface area contributed by atoms with Gasteiger partial charge in [-0.25, -0.2) is 18.2 Å². The molecule has 0 bridgehead atoms. The Morgan fingerprint density at radius 2 is 2.23 bits per heavy atom. The summed E-state index contributed by atoms with van der Waals surface area (Å²) >= 11 is 0. The monoisotopic (exact) mass is 191 g/mol. The van der Waals surface area contributed by atoms with Gasteiger partial charge in [-0.15, -0.1) is 0 Å². The molecule has 72 valence electrons. The van der Waals surface area contributed by atoms with Crippen LogP contribution in [0.3, 0.4) is 0 Å². The van der Waals surface area contributed by atoms with E-state index in [1.807, 2.05) is 0 Å². The highest BCUT2D eigenvalue weighted by Crippen LogP contribution is 2.23. The average molecular weight is 191 g/mol. The second-order valence-electron chi connectivity index (χ2n) is 2.37. The first-order valence-electron chi connectivity index (χ1n) is 3.56. The summed E-state index contributed by atoms with van der Waals surface area (Å²) in [5.74, 6) is 0.0481. The Labute approximate surface area is 73.4 Å². The fourth-order valence-electron chi connectivity index (χ4n) is 0.915. The molecule has 0 aliphatic heterocycles. The van der Waals surface area contributed by atoms with Gasteiger partial charge >= 0.3 is 0 Å². The zero-order valence-electron chi connectivity index (χ0n) is 6.93. The summed E-state index contributed by atoms with van der Waals surface area (Å²) in [6.45, 7) is -0.864. The summed E-state index contributed by atoms with van der Waals surface area (Å²) < 4.78 is 41.2. The first-order chi connectivity index (χ1) is 6.19. The third-order valence-corrected chi connectivity index (χ3v) is 1.54. The van der Waals surface area contributed by atoms with Crippen LogP contribution in [0.5, 0.6) is 5.88 Å². The third-order valence-electron chi connectivity index (χ3n) is 1.54. The first-order valence-corrected chi connectivity index (χ1v) is 3.56. The molecule has 0 N–H and O–H groups in total. The quantitative estimate of drug-likeness (QED) is 0.732. The summed E-state index contributed by atoms with van der Waals surface area (Å²) in [6.07, 6.45) is -1.66. The molecule has 1 aromatic rings. The molecular formula is C8H8F3NO. The van der Waals surface area contributed by atoms with Crippen molar-refractivity contribution in [2.24, 2.45) is 0 Å². The molecule has 13 heavy (non-hydrogen) atoms. The van der Waals surface area contributed by atoms with Crippen LogP contribution in [0.15, 0.2) is 12.3 Å². The number of halogens is 3. The van der Waals surface area contributed by atoms with Gasteiger partial charge in [0.15, 0.2) is 0 Å². The number of methoxy groups -OCH3 is 1. The van der Waals surface area contributed by atoms with E-state index in [4.69, 9.17) is 0 Å². The maximum atomic E-state index is 12.3. The Kier molecular flexibility index (Phi) is 3.11. The second-order valence-corrected chi connectivity index (χ2v) is 2.37. The van der Waals surface area contributed by atoms with E-state index < -0.39 is 13.1 Å². The third kappa shape index (κ3) is 2.11. The van der Waals surface area contributed by atoms with Gasteiger partial charge in [0.05, 0.1) is 7.11 Å². The van der Waals surface area contributed by atoms with Crippen LogP contribution in [0, 0.1) is 0 Å². The fourth-order valence-corrected chi connectivity index (χ4v) is 0.915. The van der Waals surface area contributed by atoms with Crippen LogP contribution < -0.4 is 4.74 Å². The van der Waals surface area contributed by atoms with Crippen molar-refractivity contribution >= 4 is 0 Å². The van der Waals surface area contributed by atoms with Gasteiger partial charge in [-0.3, -0.25) is 0 Å². The van der Waals surface area contributed by atoms with Crippen molar-refractivity contribution in [3.05, 3.63) is 23.4 Å². The number of ether oxygens (including phenoxy) is 1. The number of aromatic nitrogens is 1. The molecular weight excluding hydrogens is 183 g/mol. The lowest BCUT2D eigenvalue weighted by Gasteiger charge is -2.05. The lowest BCUT2D eigenvalue weighted by molar-refractivity contribution is 0.150. The highest BCUT2D eigenvalue weighted by molar-refractivity contribution is 5.29. The Bertz CT molecular complexity index is 291. The molecule has 0 unspecified atom stereocenters. The molecule has 5 heteroatoms. The number of rotatable bonds is 3. The predicted molar refractivity (Wildman–Crippen MR) is 40.6 cm³/mol. The lowest BCUT2D eigenvalue weighted by atomic mass is 10.2. The number of pyridine rings is 1. The van der Waals surface area contributed by atoms with Crippen LogP contribution in [0.1, 0.15) is 17.6 Å². The van der Waals surface area contributed by atoms with Crippen molar-refractivity contribution in [2.45, 2.75) is 13.1 Å². The number of hydrogen-bond donors (Lipinski definition) is 0. The smallest absolute Gasteiger partial charge is 0.265 e. The van der Waals surface area contributed by atoms with Crippen molar-refractivity contribution < 1.29 is 17.9 Å². The van der Waals surface area contributed by atoms with Crippen molar-refractivity contribution in [1.82, 2.24) is 4.98 Å². The molecule has 0 aromatic carbocycles. The minimum atomic E-state index is -2.64. The predicted octanol–water partition coefficient (Wildman–Crippen LogP) is 2.50. The first kappa shape index (κ1) is 9.83. The van der Waals surface area contributed by atoms with Gasteiger partial charge in [-0.2, -0.15) is 0 Å². The molecule has 1 aromatic heterocycles. The molecule has 0 saturated heterocycles. The van der Waals surface area contributed by atoms with Crippen molar-refractivity contribution in [1.29, 1.82) is 0 Å². The summed E-state index contributed by atoms with van der Waals surface area (Å²) in [5, 5.41) is 0. The zero-order valence-corrected chi connectivity index (χ0v) is 6.93. The van der Waals surface area contributed by atoms with Crippen molar-refractivity contribution in [2.75, 3.05) is 7.11 Å². The van der Waals surface area contributed by atoms with Gasteiger partial charge in [-0.05, 0) is 6.07 Å². The molecule has 0 spiro atoms. The summed E-state index contributed by atoms with van der Waals surface area (Å²) in [6, 6.07) is 1.05.